The molecular formula is C15H13ClF3N3O4. The summed E-state index contributed by atoms with van der Waals surface area (Å²) in [6.45, 7) is 0. The second-order valence-electron chi connectivity index (χ2n) is 5.70. The molecule has 26 heavy (non-hydrogen) atoms. The number of ether oxygens (including phenoxy) is 1. The van der Waals surface area contributed by atoms with Gasteiger partial charge >= 0.3 is 12.5 Å². The Kier molecular flexibility index (Phi) is 5.51. The van der Waals surface area contributed by atoms with Crippen LogP contribution in [0, 0.1) is 11.3 Å². The van der Waals surface area contributed by atoms with Gasteiger partial charge in [0.25, 0.3) is 0 Å². The third-order valence-corrected chi connectivity index (χ3v) is 3.90. The van der Waals surface area contributed by atoms with Gasteiger partial charge in [0.2, 0.25) is 5.91 Å². The number of carbonyl (C=O) groups is 2. The second kappa shape index (κ2) is 7.29. The number of nitriles is 1. The van der Waals surface area contributed by atoms with E-state index in [4.69, 9.17) is 22.0 Å². The van der Waals surface area contributed by atoms with Crippen LogP contribution in [0.5, 0.6) is 5.75 Å². The Morgan fingerprint density at radius 2 is 2.08 bits per heavy atom. The van der Waals surface area contributed by atoms with Crippen molar-refractivity contribution < 1.29 is 32.6 Å². The molecule has 1 aromatic carbocycles. The number of halogens is 4. The summed E-state index contributed by atoms with van der Waals surface area (Å²) in [6.07, 6.45) is -5.62. The van der Waals surface area contributed by atoms with Gasteiger partial charge in [0.05, 0.1) is 11.1 Å². The smallest absolute Gasteiger partial charge is 0.465 e. The third-order valence-electron chi connectivity index (χ3n) is 3.60. The standard InChI is InChI=1S/C15H13ClF3N3O4/c16-9-5-8(1-2-11(9)26-15(17,18)19)6-10(21-13(24)25)12(23)22-14(7-20)3-4-14/h1-2,5,10,21H,3-4,6H2,(H,22,23)(H,24,25). The van der Waals surface area contributed by atoms with E-state index in [1.54, 1.807) is 0 Å². The van der Waals surface area contributed by atoms with E-state index >= 15 is 0 Å². The first kappa shape index (κ1) is 19.7. The van der Waals surface area contributed by atoms with E-state index in [0.29, 0.717) is 18.4 Å². The van der Waals surface area contributed by atoms with Crippen molar-refractivity contribution in [3.8, 4) is 11.8 Å². The summed E-state index contributed by atoms with van der Waals surface area (Å²) < 4.78 is 40.5. The lowest BCUT2D eigenvalue weighted by Crippen LogP contribution is -2.51. The van der Waals surface area contributed by atoms with Gasteiger partial charge in [-0.25, -0.2) is 4.79 Å². The lowest BCUT2D eigenvalue weighted by molar-refractivity contribution is -0.274. The van der Waals surface area contributed by atoms with Gasteiger partial charge < -0.3 is 20.5 Å². The molecule has 1 fully saturated rings. The number of carboxylic acid groups (broad SMARTS) is 1. The highest BCUT2D eigenvalue weighted by Crippen LogP contribution is 2.34. The molecule has 140 valence electrons. The number of hydrogen-bond donors (Lipinski definition) is 3. The van der Waals surface area contributed by atoms with Gasteiger partial charge in [0.1, 0.15) is 17.3 Å². The zero-order valence-electron chi connectivity index (χ0n) is 13.1. The molecule has 0 aliphatic heterocycles. The van der Waals surface area contributed by atoms with E-state index in [-0.39, 0.29) is 11.4 Å². The van der Waals surface area contributed by atoms with Crippen LogP contribution in [0.25, 0.3) is 0 Å². The lowest BCUT2D eigenvalue weighted by Gasteiger charge is -2.19. The average Bonchev–Trinajstić information content (AvgIpc) is 3.28. The van der Waals surface area contributed by atoms with E-state index in [2.05, 4.69) is 10.1 Å². The van der Waals surface area contributed by atoms with Gasteiger partial charge in [-0.05, 0) is 30.5 Å². The summed E-state index contributed by atoms with van der Waals surface area (Å²) in [7, 11) is 0. The molecule has 0 bridgehead atoms. The summed E-state index contributed by atoms with van der Waals surface area (Å²) >= 11 is 5.74. The molecule has 1 unspecified atom stereocenters. The molecule has 2 rings (SSSR count). The predicted molar refractivity (Wildman–Crippen MR) is 82.5 cm³/mol. The van der Waals surface area contributed by atoms with E-state index in [0.717, 1.165) is 12.1 Å². The molecular weight excluding hydrogens is 379 g/mol. The monoisotopic (exact) mass is 391 g/mol. The van der Waals surface area contributed by atoms with Crippen molar-refractivity contribution in [2.24, 2.45) is 0 Å². The van der Waals surface area contributed by atoms with Crippen molar-refractivity contribution in [1.82, 2.24) is 10.6 Å². The first-order chi connectivity index (χ1) is 12.0. The fourth-order valence-electron chi connectivity index (χ4n) is 2.19. The van der Waals surface area contributed by atoms with E-state index in [1.807, 2.05) is 11.4 Å². The molecule has 1 atom stereocenters. The Morgan fingerprint density at radius 1 is 1.42 bits per heavy atom. The Morgan fingerprint density at radius 3 is 2.54 bits per heavy atom. The van der Waals surface area contributed by atoms with Crippen molar-refractivity contribution in [2.45, 2.75) is 37.2 Å². The minimum absolute atomic E-state index is 0.175. The first-order valence-electron chi connectivity index (χ1n) is 7.30. The maximum Gasteiger partial charge on any atom is 0.573 e. The molecule has 1 saturated carbocycles. The number of benzene rings is 1. The number of nitrogens with one attached hydrogen (secondary N) is 2. The van der Waals surface area contributed by atoms with E-state index < -0.39 is 35.7 Å². The number of hydrogen-bond acceptors (Lipinski definition) is 4. The molecule has 0 heterocycles. The maximum atomic E-state index is 12.2. The summed E-state index contributed by atoms with van der Waals surface area (Å²) in [6, 6.07) is 4.04. The molecule has 1 aliphatic carbocycles. The lowest BCUT2D eigenvalue weighted by atomic mass is 10.0. The topological polar surface area (TPSA) is 111 Å². The van der Waals surface area contributed by atoms with Crippen LogP contribution < -0.4 is 15.4 Å². The molecule has 11 heteroatoms. The number of alkyl halides is 3. The summed E-state index contributed by atoms with van der Waals surface area (Å²) in [5.74, 6) is -1.32. The Labute approximate surface area is 150 Å². The van der Waals surface area contributed by atoms with Crippen molar-refractivity contribution in [1.29, 1.82) is 5.26 Å². The van der Waals surface area contributed by atoms with Gasteiger partial charge in [-0.15, -0.1) is 13.2 Å². The highest BCUT2D eigenvalue weighted by atomic mass is 35.5. The minimum atomic E-state index is -4.91. The molecule has 0 spiro atoms. The number of carbonyl (C=O) groups excluding carboxylic acids is 1. The molecule has 1 aromatic rings. The fourth-order valence-corrected chi connectivity index (χ4v) is 2.43. The van der Waals surface area contributed by atoms with Crippen LogP contribution in [-0.2, 0) is 11.2 Å². The Hall–Kier alpha value is -2.67. The molecule has 0 saturated heterocycles. The Bertz CT molecular complexity index is 759. The molecule has 1 aliphatic rings. The molecule has 0 aromatic heterocycles. The Balaban J connectivity index is 2.12. The van der Waals surface area contributed by atoms with Crippen LogP contribution >= 0.6 is 11.6 Å². The van der Waals surface area contributed by atoms with Crippen LogP contribution in [0.4, 0.5) is 18.0 Å². The highest BCUT2D eigenvalue weighted by Gasteiger charge is 2.45. The molecule has 2 amide bonds. The minimum Gasteiger partial charge on any atom is -0.465 e. The van der Waals surface area contributed by atoms with Crippen molar-refractivity contribution >= 4 is 23.6 Å². The molecule has 0 radical (unpaired) electrons. The van der Waals surface area contributed by atoms with Gasteiger partial charge in [-0.1, -0.05) is 17.7 Å². The largest absolute Gasteiger partial charge is 0.573 e. The van der Waals surface area contributed by atoms with Crippen molar-refractivity contribution in [2.75, 3.05) is 0 Å². The van der Waals surface area contributed by atoms with Crippen LogP contribution in [0.1, 0.15) is 18.4 Å². The molecule has 3 N–H and O–H groups in total. The van der Waals surface area contributed by atoms with Crippen LogP contribution in [-0.4, -0.2) is 35.1 Å². The molecule has 7 nitrogen and oxygen atoms in total. The first-order valence-corrected chi connectivity index (χ1v) is 7.68. The summed E-state index contributed by atoms with van der Waals surface area (Å²) in [4.78, 5) is 23.1. The predicted octanol–water partition coefficient (Wildman–Crippen LogP) is 2.59. The average molecular weight is 392 g/mol. The quantitative estimate of drug-likeness (QED) is 0.690. The van der Waals surface area contributed by atoms with E-state index in [1.165, 1.54) is 6.07 Å². The summed E-state index contributed by atoms with van der Waals surface area (Å²) in [5.41, 5.74) is -0.683. The zero-order valence-corrected chi connectivity index (χ0v) is 13.8. The number of nitrogens with zero attached hydrogens (tertiary/aromatic N) is 1. The SMILES string of the molecule is N#CC1(NC(=O)C(Cc2ccc(OC(F)(F)F)c(Cl)c2)NC(=O)O)CC1. The number of rotatable bonds is 6. The van der Waals surface area contributed by atoms with E-state index in [9.17, 15) is 22.8 Å². The van der Waals surface area contributed by atoms with Crippen molar-refractivity contribution in [3.63, 3.8) is 0 Å². The van der Waals surface area contributed by atoms with Crippen molar-refractivity contribution in [3.05, 3.63) is 28.8 Å². The van der Waals surface area contributed by atoms with Gasteiger partial charge in [-0.2, -0.15) is 5.26 Å². The van der Waals surface area contributed by atoms with Crippen LogP contribution in [0.2, 0.25) is 5.02 Å². The zero-order chi connectivity index (χ0) is 19.5. The third kappa shape index (κ3) is 5.42. The van der Waals surface area contributed by atoms with Gasteiger partial charge in [-0.3, -0.25) is 4.79 Å². The summed E-state index contributed by atoms with van der Waals surface area (Å²) in [5, 5.41) is 22.0. The second-order valence-corrected chi connectivity index (χ2v) is 6.11. The van der Waals surface area contributed by atoms with Crippen LogP contribution in [0.3, 0.4) is 0 Å². The highest BCUT2D eigenvalue weighted by molar-refractivity contribution is 6.32. The van der Waals surface area contributed by atoms with Gasteiger partial charge in [0.15, 0.2) is 0 Å². The number of amides is 2. The van der Waals surface area contributed by atoms with Crippen LogP contribution in [0.15, 0.2) is 18.2 Å². The maximum absolute atomic E-state index is 12.2. The normalized spacial score (nSPS) is 16.1. The van der Waals surface area contributed by atoms with Gasteiger partial charge in [0, 0.05) is 6.42 Å². The fraction of sp³-hybridized carbons (Fsp3) is 0.400.